The lowest BCUT2D eigenvalue weighted by Crippen LogP contribution is -2.38. The van der Waals surface area contributed by atoms with Gasteiger partial charge in [-0.2, -0.15) is 13.2 Å². The molecule has 1 aliphatic carbocycles. The van der Waals surface area contributed by atoms with Gasteiger partial charge in [0, 0.05) is 25.6 Å². The van der Waals surface area contributed by atoms with Crippen molar-refractivity contribution in [3.05, 3.63) is 0 Å². The first-order chi connectivity index (χ1) is 8.43. The summed E-state index contributed by atoms with van der Waals surface area (Å²) in [6, 6.07) is 0.123. The van der Waals surface area contributed by atoms with Crippen LogP contribution in [-0.2, 0) is 4.79 Å². The third kappa shape index (κ3) is 5.25. The largest absolute Gasteiger partial charge is 0.391 e. The van der Waals surface area contributed by atoms with E-state index in [1.807, 2.05) is 6.92 Å². The molecule has 0 aromatic carbocycles. The minimum Gasteiger partial charge on any atom is -0.356 e. The Kier molecular flexibility index (Phi) is 5.91. The summed E-state index contributed by atoms with van der Waals surface area (Å²) in [5.74, 6) is -1.16. The zero-order chi connectivity index (χ0) is 13.6. The van der Waals surface area contributed by atoms with Crippen molar-refractivity contribution in [1.82, 2.24) is 10.6 Å². The SMILES string of the molecule is CCNC(=O)CCNC1CCC(C(F)(F)F)CC1. The van der Waals surface area contributed by atoms with Crippen molar-refractivity contribution in [3.8, 4) is 0 Å². The predicted octanol–water partition coefficient (Wildman–Crippen LogP) is 2.22. The van der Waals surface area contributed by atoms with Crippen LogP contribution in [0.5, 0.6) is 0 Å². The fourth-order valence-electron chi connectivity index (χ4n) is 2.30. The van der Waals surface area contributed by atoms with Crippen molar-refractivity contribution < 1.29 is 18.0 Å². The minimum absolute atomic E-state index is 0.0195. The van der Waals surface area contributed by atoms with Crippen LogP contribution in [0.1, 0.15) is 39.0 Å². The van der Waals surface area contributed by atoms with Crippen LogP contribution in [0.15, 0.2) is 0 Å². The molecule has 2 N–H and O–H groups in total. The van der Waals surface area contributed by atoms with Gasteiger partial charge in [-0.25, -0.2) is 0 Å². The first kappa shape index (κ1) is 15.3. The molecule has 0 saturated heterocycles. The molecule has 18 heavy (non-hydrogen) atoms. The number of halogens is 3. The van der Waals surface area contributed by atoms with Gasteiger partial charge in [-0.05, 0) is 32.6 Å². The Hall–Kier alpha value is -0.780. The maximum atomic E-state index is 12.4. The van der Waals surface area contributed by atoms with E-state index in [-0.39, 0.29) is 24.8 Å². The lowest BCUT2D eigenvalue weighted by Gasteiger charge is -2.30. The van der Waals surface area contributed by atoms with Crippen molar-refractivity contribution in [3.63, 3.8) is 0 Å². The lowest BCUT2D eigenvalue weighted by molar-refractivity contribution is -0.182. The van der Waals surface area contributed by atoms with E-state index < -0.39 is 12.1 Å². The first-order valence-corrected chi connectivity index (χ1v) is 6.50. The lowest BCUT2D eigenvalue weighted by atomic mass is 9.85. The molecule has 3 nitrogen and oxygen atoms in total. The van der Waals surface area contributed by atoms with Crippen LogP contribution < -0.4 is 10.6 Å². The Labute approximate surface area is 106 Å². The van der Waals surface area contributed by atoms with Gasteiger partial charge in [0.1, 0.15) is 0 Å². The highest BCUT2D eigenvalue weighted by atomic mass is 19.4. The number of nitrogens with one attached hydrogen (secondary N) is 2. The van der Waals surface area contributed by atoms with E-state index in [1.54, 1.807) is 0 Å². The molecule has 1 fully saturated rings. The number of amides is 1. The van der Waals surface area contributed by atoms with Crippen LogP contribution in [0.3, 0.4) is 0 Å². The van der Waals surface area contributed by atoms with Crippen LogP contribution in [0.2, 0.25) is 0 Å². The standard InChI is InChI=1S/C12H21F3N2O/c1-2-16-11(18)7-8-17-10-5-3-9(4-6-10)12(13,14)15/h9-10,17H,2-8H2,1H3,(H,16,18). The summed E-state index contributed by atoms with van der Waals surface area (Å²) in [4.78, 5) is 11.2. The summed E-state index contributed by atoms with van der Waals surface area (Å²) < 4.78 is 37.3. The van der Waals surface area contributed by atoms with Crippen LogP contribution >= 0.6 is 0 Å². The van der Waals surface area contributed by atoms with Gasteiger partial charge in [0.05, 0.1) is 5.92 Å². The maximum Gasteiger partial charge on any atom is 0.391 e. The van der Waals surface area contributed by atoms with Gasteiger partial charge in [-0.15, -0.1) is 0 Å². The van der Waals surface area contributed by atoms with Gasteiger partial charge in [-0.3, -0.25) is 4.79 Å². The van der Waals surface area contributed by atoms with E-state index in [2.05, 4.69) is 10.6 Å². The summed E-state index contributed by atoms with van der Waals surface area (Å²) in [5, 5.41) is 5.84. The van der Waals surface area contributed by atoms with Gasteiger partial charge in [0.2, 0.25) is 5.91 Å². The van der Waals surface area contributed by atoms with E-state index >= 15 is 0 Å². The molecule has 0 aromatic heterocycles. The summed E-state index contributed by atoms with van der Waals surface area (Å²) in [7, 11) is 0. The second-order valence-electron chi connectivity index (χ2n) is 4.75. The van der Waals surface area contributed by atoms with Crippen molar-refractivity contribution in [2.75, 3.05) is 13.1 Å². The van der Waals surface area contributed by atoms with E-state index in [1.165, 1.54) is 0 Å². The molecule has 1 saturated carbocycles. The molecule has 0 unspecified atom stereocenters. The number of rotatable bonds is 5. The average molecular weight is 266 g/mol. The van der Waals surface area contributed by atoms with Crippen molar-refractivity contribution >= 4 is 5.91 Å². The van der Waals surface area contributed by atoms with Crippen LogP contribution in [0, 0.1) is 5.92 Å². The Bertz CT molecular complexity index is 261. The third-order valence-electron chi connectivity index (χ3n) is 3.35. The second kappa shape index (κ2) is 6.97. The smallest absolute Gasteiger partial charge is 0.356 e. The number of alkyl halides is 3. The van der Waals surface area contributed by atoms with E-state index in [9.17, 15) is 18.0 Å². The van der Waals surface area contributed by atoms with E-state index in [4.69, 9.17) is 0 Å². The summed E-state index contributed by atoms with van der Waals surface area (Å²) in [6.45, 7) is 2.99. The van der Waals surface area contributed by atoms with Gasteiger partial charge >= 0.3 is 6.18 Å². The monoisotopic (exact) mass is 266 g/mol. The number of carbonyl (C=O) groups is 1. The number of hydrogen-bond donors (Lipinski definition) is 2. The fourth-order valence-corrected chi connectivity index (χ4v) is 2.30. The van der Waals surface area contributed by atoms with Crippen molar-refractivity contribution in [1.29, 1.82) is 0 Å². The molecule has 0 atom stereocenters. The Balaban J connectivity index is 2.14. The van der Waals surface area contributed by atoms with Crippen LogP contribution in [0.4, 0.5) is 13.2 Å². The molecule has 1 amide bonds. The maximum absolute atomic E-state index is 12.4. The minimum atomic E-state index is -4.05. The Morgan fingerprint density at radius 2 is 1.83 bits per heavy atom. The zero-order valence-electron chi connectivity index (χ0n) is 10.6. The molecule has 106 valence electrons. The molecule has 1 rings (SSSR count). The highest BCUT2D eigenvalue weighted by Crippen LogP contribution is 2.37. The molecular weight excluding hydrogens is 245 g/mol. The molecule has 6 heteroatoms. The molecule has 0 bridgehead atoms. The molecule has 0 heterocycles. The quantitative estimate of drug-likeness (QED) is 0.801. The van der Waals surface area contributed by atoms with Gasteiger partial charge < -0.3 is 10.6 Å². The number of hydrogen-bond acceptors (Lipinski definition) is 2. The molecule has 0 aromatic rings. The van der Waals surface area contributed by atoms with Gasteiger partial charge in [-0.1, -0.05) is 0 Å². The zero-order valence-corrected chi connectivity index (χ0v) is 10.6. The topological polar surface area (TPSA) is 41.1 Å². The van der Waals surface area contributed by atoms with Crippen LogP contribution in [-0.4, -0.2) is 31.2 Å². The summed E-state index contributed by atoms with van der Waals surface area (Å²) >= 11 is 0. The van der Waals surface area contributed by atoms with Gasteiger partial charge in [0.25, 0.3) is 0 Å². The normalized spacial score (nSPS) is 24.9. The Morgan fingerprint density at radius 1 is 1.22 bits per heavy atom. The molecule has 0 aliphatic heterocycles. The Morgan fingerprint density at radius 3 is 2.33 bits per heavy atom. The predicted molar refractivity (Wildman–Crippen MR) is 63.1 cm³/mol. The third-order valence-corrected chi connectivity index (χ3v) is 3.35. The van der Waals surface area contributed by atoms with Crippen LogP contribution in [0.25, 0.3) is 0 Å². The first-order valence-electron chi connectivity index (χ1n) is 6.50. The molecule has 0 spiro atoms. The van der Waals surface area contributed by atoms with Gasteiger partial charge in [0.15, 0.2) is 0 Å². The fraction of sp³-hybridized carbons (Fsp3) is 0.917. The summed E-state index contributed by atoms with van der Waals surface area (Å²) in [6.07, 6.45) is -2.19. The highest BCUT2D eigenvalue weighted by Gasteiger charge is 2.41. The molecular formula is C12H21F3N2O. The highest BCUT2D eigenvalue weighted by molar-refractivity contribution is 5.75. The second-order valence-corrected chi connectivity index (χ2v) is 4.75. The van der Waals surface area contributed by atoms with E-state index in [0.717, 1.165) is 0 Å². The molecule has 0 radical (unpaired) electrons. The summed E-state index contributed by atoms with van der Waals surface area (Å²) in [5.41, 5.74) is 0. The van der Waals surface area contributed by atoms with Crippen molar-refractivity contribution in [2.24, 2.45) is 5.92 Å². The average Bonchev–Trinajstić information content (AvgIpc) is 2.29. The molecule has 1 aliphatic rings. The van der Waals surface area contributed by atoms with Crippen molar-refractivity contribution in [2.45, 2.75) is 51.2 Å². The number of carbonyl (C=O) groups excluding carboxylic acids is 1. The van der Waals surface area contributed by atoms with E-state index in [0.29, 0.717) is 32.4 Å².